The lowest BCUT2D eigenvalue weighted by Crippen LogP contribution is -2.09. The monoisotopic (exact) mass is 175 g/mol. The van der Waals surface area contributed by atoms with E-state index in [2.05, 4.69) is 24.9 Å². The van der Waals surface area contributed by atoms with Crippen LogP contribution in [0, 0.1) is 0 Å². The predicted octanol–water partition coefficient (Wildman–Crippen LogP) is 3.08. The Bertz CT molecular complexity index is 302. The highest BCUT2D eigenvalue weighted by Crippen LogP contribution is 2.27. The van der Waals surface area contributed by atoms with Gasteiger partial charge in [-0.2, -0.15) is 0 Å². The molecule has 0 aliphatic heterocycles. The lowest BCUT2D eigenvalue weighted by atomic mass is 9.88. The lowest BCUT2D eigenvalue weighted by molar-refractivity contribution is 0.653. The van der Waals surface area contributed by atoms with Crippen molar-refractivity contribution in [2.24, 2.45) is 0 Å². The van der Waals surface area contributed by atoms with Crippen LogP contribution in [0.2, 0.25) is 0 Å². The summed E-state index contributed by atoms with van der Waals surface area (Å²) in [6.07, 6.45) is 7.08. The first kappa shape index (κ1) is 8.74. The average Bonchev–Trinajstić information content (AvgIpc) is 2.17. The topological polar surface area (TPSA) is 12.9 Å². The quantitative estimate of drug-likeness (QED) is 0.639. The fourth-order valence-electron chi connectivity index (χ4n) is 2.19. The van der Waals surface area contributed by atoms with Gasteiger partial charge >= 0.3 is 0 Å². The van der Waals surface area contributed by atoms with Crippen LogP contribution in [0.4, 0.5) is 0 Å². The van der Waals surface area contributed by atoms with Crippen LogP contribution >= 0.6 is 0 Å². The summed E-state index contributed by atoms with van der Waals surface area (Å²) in [7, 11) is 0. The first-order valence-corrected chi connectivity index (χ1v) is 5.25. The number of rotatable bonds is 1. The van der Waals surface area contributed by atoms with Gasteiger partial charge in [0.1, 0.15) is 0 Å². The zero-order chi connectivity index (χ0) is 9.26. The minimum Gasteiger partial charge on any atom is -0.261 e. The number of aryl methyl sites for hydroxylation is 1. The molecule has 0 aromatic carbocycles. The fourth-order valence-corrected chi connectivity index (χ4v) is 2.19. The molecular weight excluding hydrogens is 158 g/mol. The molecule has 2 rings (SSSR count). The van der Waals surface area contributed by atoms with Gasteiger partial charge in [-0.25, -0.2) is 0 Å². The van der Waals surface area contributed by atoms with Gasteiger partial charge in [-0.3, -0.25) is 4.98 Å². The second-order valence-corrected chi connectivity index (χ2v) is 4.19. The molecule has 0 unspecified atom stereocenters. The summed E-state index contributed by atoms with van der Waals surface area (Å²) in [6.45, 7) is 4.54. The van der Waals surface area contributed by atoms with Crippen LogP contribution in [0.15, 0.2) is 12.3 Å². The first-order chi connectivity index (χ1) is 6.29. The number of fused-ring (bicyclic) bond motifs is 1. The van der Waals surface area contributed by atoms with Gasteiger partial charge < -0.3 is 0 Å². The number of hydrogen-bond acceptors (Lipinski definition) is 1. The van der Waals surface area contributed by atoms with Crippen molar-refractivity contribution in [3.8, 4) is 0 Å². The Morgan fingerprint density at radius 3 is 2.77 bits per heavy atom. The molecule has 0 spiro atoms. The van der Waals surface area contributed by atoms with E-state index < -0.39 is 0 Å². The Hall–Kier alpha value is -0.850. The van der Waals surface area contributed by atoms with E-state index in [0.29, 0.717) is 5.92 Å². The first-order valence-electron chi connectivity index (χ1n) is 5.25. The third-order valence-corrected chi connectivity index (χ3v) is 2.89. The van der Waals surface area contributed by atoms with Crippen LogP contribution in [-0.4, -0.2) is 4.98 Å². The summed E-state index contributed by atoms with van der Waals surface area (Å²) in [5.41, 5.74) is 4.42. The van der Waals surface area contributed by atoms with Crippen LogP contribution in [0.25, 0.3) is 0 Å². The summed E-state index contributed by atoms with van der Waals surface area (Å²) in [5, 5.41) is 0. The Labute approximate surface area is 80.2 Å². The molecule has 0 atom stereocenters. The second-order valence-electron chi connectivity index (χ2n) is 4.19. The van der Waals surface area contributed by atoms with Crippen molar-refractivity contribution >= 4 is 0 Å². The minimum atomic E-state index is 0.648. The van der Waals surface area contributed by atoms with E-state index in [9.17, 15) is 0 Å². The Balaban J connectivity index is 2.46. The molecule has 0 N–H and O–H groups in total. The molecule has 0 fully saturated rings. The fraction of sp³-hybridized carbons (Fsp3) is 0.583. The van der Waals surface area contributed by atoms with Gasteiger partial charge in [-0.05, 0) is 48.8 Å². The van der Waals surface area contributed by atoms with E-state index in [1.165, 1.54) is 36.9 Å². The molecule has 1 aromatic heterocycles. The van der Waals surface area contributed by atoms with Crippen molar-refractivity contribution in [3.63, 3.8) is 0 Å². The summed E-state index contributed by atoms with van der Waals surface area (Å²) < 4.78 is 0. The van der Waals surface area contributed by atoms with E-state index in [1.54, 1.807) is 5.56 Å². The predicted molar refractivity (Wildman–Crippen MR) is 55.0 cm³/mol. The van der Waals surface area contributed by atoms with Crippen LogP contribution in [-0.2, 0) is 12.8 Å². The third-order valence-electron chi connectivity index (χ3n) is 2.89. The molecule has 0 bridgehead atoms. The van der Waals surface area contributed by atoms with Crippen molar-refractivity contribution in [2.45, 2.75) is 45.4 Å². The van der Waals surface area contributed by atoms with Crippen molar-refractivity contribution in [1.29, 1.82) is 0 Å². The Morgan fingerprint density at radius 1 is 1.23 bits per heavy atom. The lowest BCUT2D eigenvalue weighted by Gasteiger charge is -2.19. The van der Waals surface area contributed by atoms with Crippen molar-refractivity contribution in [1.82, 2.24) is 4.98 Å². The molecule has 70 valence electrons. The molecule has 13 heavy (non-hydrogen) atoms. The van der Waals surface area contributed by atoms with Crippen LogP contribution in [0.3, 0.4) is 0 Å². The molecule has 0 saturated heterocycles. The maximum atomic E-state index is 4.46. The Kier molecular flexibility index (Phi) is 2.34. The van der Waals surface area contributed by atoms with Gasteiger partial charge in [0, 0.05) is 11.9 Å². The van der Waals surface area contributed by atoms with E-state index in [4.69, 9.17) is 0 Å². The molecule has 1 heteroatoms. The summed E-state index contributed by atoms with van der Waals surface area (Å²) in [4.78, 5) is 4.46. The zero-order valence-electron chi connectivity index (χ0n) is 8.51. The van der Waals surface area contributed by atoms with Gasteiger partial charge in [0.15, 0.2) is 0 Å². The number of pyridine rings is 1. The molecule has 1 aromatic rings. The van der Waals surface area contributed by atoms with Gasteiger partial charge in [0.2, 0.25) is 0 Å². The average molecular weight is 175 g/mol. The Morgan fingerprint density at radius 2 is 2.00 bits per heavy atom. The zero-order valence-corrected chi connectivity index (χ0v) is 8.51. The van der Waals surface area contributed by atoms with E-state index in [1.807, 2.05) is 6.20 Å². The normalized spacial score (nSPS) is 15.9. The SMILES string of the molecule is CC(C)c1ccnc2c1CCCC2. The van der Waals surface area contributed by atoms with Gasteiger partial charge in [-0.1, -0.05) is 13.8 Å². The van der Waals surface area contributed by atoms with E-state index in [-0.39, 0.29) is 0 Å². The minimum absolute atomic E-state index is 0.648. The largest absolute Gasteiger partial charge is 0.261 e. The molecule has 0 radical (unpaired) electrons. The van der Waals surface area contributed by atoms with Gasteiger partial charge in [-0.15, -0.1) is 0 Å². The third kappa shape index (κ3) is 1.60. The van der Waals surface area contributed by atoms with Gasteiger partial charge in [0.05, 0.1) is 0 Å². The van der Waals surface area contributed by atoms with Crippen molar-refractivity contribution < 1.29 is 0 Å². The van der Waals surface area contributed by atoms with Crippen molar-refractivity contribution in [3.05, 3.63) is 29.1 Å². The maximum Gasteiger partial charge on any atom is 0.0438 e. The highest BCUT2D eigenvalue weighted by Gasteiger charge is 2.15. The summed E-state index contributed by atoms with van der Waals surface area (Å²) in [5.74, 6) is 0.648. The molecule has 1 heterocycles. The number of nitrogens with zero attached hydrogens (tertiary/aromatic N) is 1. The smallest absolute Gasteiger partial charge is 0.0438 e. The number of aromatic nitrogens is 1. The molecule has 0 amide bonds. The van der Waals surface area contributed by atoms with Crippen LogP contribution in [0.1, 0.15) is 49.4 Å². The van der Waals surface area contributed by atoms with Crippen LogP contribution < -0.4 is 0 Å². The highest BCUT2D eigenvalue weighted by atomic mass is 14.7. The number of hydrogen-bond donors (Lipinski definition) is 0. The highest BCUT2D eigenvalue weighted by molar-refractivity contribution is 5.33. The molecular formula is C12H17N. The summed E-state index contributed by atoms with van der Waals surface area (Å²) >= 11 is 0. The van der Waals surface area contributed by atoms with Crippen LogP contribution in [0.5, 0.6) is 0 Å². The van der Waals surface area contributed by atoms with Crippen molar-refractivity contribution in [2.75, 3.05) is 0 Å². The molecule has 1 aliphatic carbocycles. The summed E-state index contributed by atoms with van der Waals surface area (Å²) in [6, 6.07) is 2.19. The second kappa shape index (κ2) is 3.49. The van der Waals surface area contributed by atoms with Gasteiger partial charge in [0.25, 0.3) is 0 Å². The van der Waals surface area contributed by atoms with E-state index in [0.717, 1.165) is 0 Å². The molecule has 1 nitrogen and oxygen atoms in total. The van der Waals surface area contributed by atoms with E-state index >= 15 is 0 Å². The standard InChI is InChI=1S/C12H17N/c1-9(2)10-7-8-13-12-6-4-3-5-11(10)12/h7-9H,3-6H2,1-2H3. The maximum absolute atomic E-state index is 4.46. The molecule has 1 aliphatic rings. The molecule has 0 saturated carbocycles.